The molecule has 100 valence electrons. The topological polar surface area (TPSA) is 44.5 Å². The summed E-state index contributed by atoms with van der Waals surface area (Å²) < 4.78 is 24.3. The van der Waals surface area contributed by atoms with Gasteiger partial charge in [0.2, 0.25) is 0 Å². The van der Waals surface area contributed by atoms with E-state index in [1.807, 2.05) is 6.07 Å². The van der Waals surface area contributed by atoms with Crippen LogP contribution < -0.4 is 15.2 Å². The highest BCUT2D eigenvalue weighted by atomic mass is 19.1. The van der Waals surface area contributed by atoms with Crippen molar-refractivity contribution in [1.82, 2.24) is 0 Å². The van der Waals surface area contributed by atoms with E-state index < -0.39 is 6.17 Å². The molecule has 18 heavy (non-hydrogen) atoms. The average molecular weight is 253 g/mol. The number of nitrogens with two attached hydrogens (primary N) is 1. The molecule has 1 aromatic carbocycles. The zero-order chi connectivity index (χ0) is 13.3. The molecule has 0 radical (unpaired) electrons. The molecule has 1 aliphatic carbocycles. The lowest BCUT2D eigenvalue weighted by molar-refractivity contribution is 0.344. The number of halogens is 1. The molecule has 0 spiro atoms. The third-order valence-electron chi connectivity index (χ3n) is 3.80. The lowest BCUT2D eigenvalue weighted by Crippen LogP contribution is -2.21. The standard InChI is InChI=1S/C14H20FNO2/c1-9(15)10-6-12(17-2)13(18-3)7-11(10)14(8-16)4-5-14/h6-7,9H,4-5,8,16H2,1-3H3. The highest BCUT2D eigenvalue weighted by molar-refractivity contribution is 5.52. The first kappa shape index (κ1) is 13.1. The van der Waals surface area contributed by atoms with Crippen LogP contribution in [0.3, 0.4) is 0 Å². The minimum Gasteiger partial charge on any atom is -0.493 e. The summed E-state index contributed by atoms with van der Waals surface area (Å²) in [5.41, 5.74) is 7.41. The summed E-state index contributed by atoms with van der Waals surface area (Å²) in [5.74, 6) is 1.20. The average Bonchev–Trinajstić information content (AvgIpc) is 3.17. The molecule has 0 aromatic heterocycles. The van der Waals surface area contributed by atoms with E-state index in [9.17, 15) is 4.39 Å². The Hall–Kier alpha value is -1.29. The summed E-state index contributed by atoms with van der Waals surface area (Å²) in [6.07, 6.45) is 0.987. The monoisotopic (exact) mass is 253 g/mol. The van der Waals surface area contributed by atoms with E-state index in [4.69, 9.17) is 15.2 Å². The molecule has 1 atom stereocenters. The fraction of sp³-hybridized carbons (Fsp3) is 0.571. The summed E-state index contributed by atoms with van der Waals surface area (Å²) in [7, 11) is 3.14. The van der Waals surface area contributed by atoms with E-state index in [0.717, 1.165) is 18.4 Å². The summed E-state index contributed by atoms with van der Waals surface area (Å²) in [5, 5.41) is 0. The number of benzene rings is 1. The SMILES string of the molecule is COc1cc(C(C)F)c(C2(CN)CC2)cc1OC. The summed E-state index contributed by atoms with van der Waals surface area (Å²) in [6, 6.07) is 3.61. The lowest BCUT2D eigenvalue weighted by Gasteiger charge is -2.21. The second-order valence-corrected chi connectivity index (χ2v) is 4.89. The molecular weight excluding hydrogens is 233 g/mol. The van der Waals surface area contributed by atoms with Crippen molar-refractivity contribution in [2.24, 2.45) is 5.73 Å². The quantitative estimate of drug-likeness (QED) is 0.877. The molecule has 1 fully saturated rings. The van der Waals surface area contributed by atoms with Crippen LogP contribution in [-0.2, 0) is 5.41 Å². The molecule has 0 amide bonds. The van der Waals surface area contributed by atoms with Gasteiger partial charge in [-0.15, -0.1) is 0 Å². The van der Waals surface area contributed by atoms with Crippen LogP contribution in [0.2, 0.25) is 0 Å². The maximum absolute atomic E-state index is 13.8. The van der Waals surface area contributed by atoms with Gasteiger partial charge in [0.15, 0.2) is 11.5 Å². The van der Waals surface area contributed by atoms with Gasteiger partial charge in [0.25, 0.3) is 0 Å². The molecule has 3 nitrogen and oxygen atoms in total. The fourth-order valence-electron chi connectivity index (χ4n) is 2.42. The third-order valence-corrected chi connectivity index (χ3v) is 3.80. The highest BCUT2D eigenvalue weighted by Gasteiger charge is 2.45. The highest BCUT2D eigenvalue weighted by Crippen LogP contribution is 2.51. The fourth-order valence-corrected chi connectivity index (χ4v) is 2.42. The Morgan fingerprint density at radius 3 is 2.22 bits per heavy atom. The first-order valence-electron chi connectivity index (χ1n) is 6.18. The van der Waals surface area contributed by atoms with Crippen LogP contribution in [0.5, 0.6) is 11.5 Å². The molecular formula is C14H20FNO2. The maximum Gasteiger partial charge on any atom is 0.161 e. The normalized spacial score (nSPS) is 18.3. The number of rotatable bonds is 5. The molecule has 1 saturated carbocycles. The first-order valence-corrected chi connectivity index (χ1v) is 6.18. The minimum absolute atomic E-state index is 0.0603. The second kappa shape index (κ2) is 4.76. The largest absolute Gasteiger partial charge is 0.493 e. The molecule has 1 unspecified atom stereocenters. The maximum atomic E-state index is 13.8. The first-order chi connectivity index (χ1) is 8.57. The molecule has 2 rings (SSSR count). The number of hydrogen-bond acceptors (Lipinski definition) is 3. The molecule has 2 N–H and O–H groups in total. The van der Waals surface area contributed by atoms with Crippen molar-refractivity contribution in [2.45, 2.75) is 31.4 Å². The van der Waals surface area contributed by atoms with Crippen molar-refractivity contribution >= 4 is 0 Å². The van der Waals surface area contributed by atoms with Crippen LogP contribution in [0.15, 0.2) is 12.1 Å². The predicted molar refractivity (Wildman–Crippen MR) is 69.0 cm³/mol. The molecule has 1 aromatic rings. The van der Waals surface area contributed by atoms with Gasteiger partial charge < -0.3 is 15.2 Å². The van der Waals surface area contributed by atoms with Crippen molar-refractivity contribution in [2.75, 3.05) is 20.8 Å². The molecule has 1 aliphatic rings. The molecule has 0 aliphatic heterocycles. The number of ether oxygens (including phenoxy) is 2. The van der Waals surface area contributed by atoms with E-state index in [0.29, 0.717) is 23.6 Å². The number of alkyl halides is 1. The Balaban J connectivity index is 2.56. The van der Waals surface area contributed by atoms with E-state index in [1.54, 1.807) is 20.3 Å². The third kappa shape index (κ3) is 2.05. The second-order valence-electron chi connectivity index (χ2n) is 4.89. The van der Waals surface area contributed by atoms with Gasteiger partial charge in [-0.2, -0.15) is 0 Å². The van der Waals surface area contributed by atoms with Crippen molar-refractivity contribution in [1.29, 1.82) is 0 Å². The lowest BCUT2D eigenvalue weighted by atomic mass is 9.89. The van der Waals surface area contributed by atoms with Crippen molar-refractivity contribution in [3.8, 4) is 11.5 Å². The van der Waals surface area contributed by atoms with Crippen LogP contribution in [-0.4, -0.2) is 20.8 Å². The Morgan fingerprint density at radius 1 is 1.28 bits per heavy atom. The van der Waals surface area contributed by atoms with Gasteiger partial charge in [0, 0.05) is 12.0 Å². The van der Waals surface area contributed by atoms with Gasteiger partial charge >= 0.3 is 0 Å². The van der Waals surface area contributed by atoms with Crippen LogP contribution in [0.4, 0.5) is 4.39 Å². The molecule has 0 bridgehead atoms. The van der Waals surface area contributed by atoms with E-state index in [1.165, 1.54) is 6.92 Å². The van der Waals surface area contributed by atoms with Gasteiger partial charge in [0.1, 0.15) is 6.17 Å². The van der Waals surface area contributed by atoms with Crippen molar-refractivity contribution < 1.29 is 13.9 Å². The number of hydrogen-bond donors (Lipinski definition) is 1. The predicted octanol–water partition coefficient (Wildman–Crippen LogP) is 2.72. The van der Waals surface area contributed by atoms with Crippen LogP contribution >= 0.6 is 0 Å². The minimum atomic E-state index is -1.04. The smallest absolute Gasteiger partial charge is 0.161 e. The molecule has 4 heteroatoms. The van der Waals surface area contributed by atoms with Crippen molar-refractivity contribution in [3.05, 3.63) is 23.3 Å². The van der Waals surface area contributed by atoms with E-state index in [2.05, 4.69) is 0 Å². The van der Waals surface area contributed by atoms with Gasteiger partial charge in [-0.3, -0.25) is 0 Å². The zero-order valence-corrected chi connectivity index (χ0v) is 11.1. The Kier molecular flexibility index (Phi) is 3.48. The van der Waals surface area contributed by atoms with Gasteiger partial charge in [-0.1, -0.05) is 0 Å². The van der Waals surface area contributed by atoms with Gasteiger partial charge in [-0.25, -0.2) is 4.39 Å². The van der Waals surface area contributed by atoms with Crippen LogP contribution in [0.25, 0.3) is 0 Å². The summed E-state index contributed by atoms with van der Waals surface area (Å²) >= 11 is 0. The van der Waals surface area contributed by atoms with E-state index >= 15 is 0 Å². The molecule has 0 saturated heterocycles. The van der Waals surface area contributed by atoms with E-state index in [-0.39, 0.29) is 5.41 Å². The van der Waals surface area contributed by atoms with Gasteiger partial charge in [0.05, 0.1) is 14.2 Å². The number of methoxy groups -OCH3 is 2. The molecule has 0 heterocycles. The summed E-state index contributed by atoms with van der Waals surface area (Å²) in [6.45, 7) is 2.08. The van der Waals surface area contributed by atoms with Gasteiger partial charge in [-0.05, 0) is 43.0 Å². The zero-order valence-electron chi connectivity index (χ0n) is 11.1. The van der Waals surface area contributed by atoms with Crippen molar-refractivity contribution in [3.63, 3.8) is 0 Å². The van der Waals surface area contributed by atoms with Crippen LogP contribution in [0.1, 0.15) is 37.1 Å². The Morgan fingerprint density at radius 2 is 1.83 bits per heavy atom. The summed E-state index contributed by atoms with van der Waals surface area (Å²) in [4.78, 5) is 0. The Labute approximate surface area is 107 Å². The Bertz CT molecular complexity index is 442. The van der Waals surface area contributed by atoms with Crippen LogP contribution in [0, 0.1) is 0 Å².